The van der Waals surface area contributed by atoms with Crippen LogP contribution >= 0.6 is 0 Å². The van der Waals surface area contributed by atoms with Gasteiger partial charge in [0.2, 0.25) is 0 Å². The first kappa shape index (κ1) is 12.0. The van der Waals surface area contributed by atoms with Crippen LogP contribution in [0.3, 0.4) is 0 Å². The Hall–Kier alpha value is -0.0800. The minimum Gasteiger partial charge on any atom is -0.309 e. The fourth-order valence-electron chi connectivity index (χ4n) is 2.30. The molecule has 0 saturated carbocycles. The van der Waals surface area contributed by atoms with Crippen LogP contribution in [0.5, 0.6) is 0 Å². The van der Waals surface area contributed by atoms with Gasteiger partial charge in [-0.2, -0.15) is 0 Å². The first-order chi connectivity index (χ1) is 6.43. The molecule has 14 heavy (non-hydrogen) atoms. The van der Waals surface area contributed by atoms with Crippen LogP contribution < -0.4 is 5.32 Å². The van der Waals surface area contributed by atoms with Gasteiger partial charge in [0, 0.05) is 30.7 Å². The van der Waals surface area contributed by atoms with E-state index in [9.17, 15) is 0 Å². The SMILES string of the molecule is CCC(C)(CC)N1CCNC(C)(C)C1. The molecule has 84 valence electrons. The van der Waals surface area contributed by atoms with Crippen LogP contribution in [-0.2, 0) is 0 Å². The second-order valence-electron chi connectivity index (χ2n) is 5.44. The van der Waals surface area contributed by atoms with Gasteiger partial charge in [-0.05, 0) is 33.6 Å². The molecule has 0 radical (unpaired) electrons. The van der Waals surface area contributed by atoms with E-state index in [1.54, 1.807) is 0 Å². The largest absolute Gasteiger partial charge is 0.309 e. The Morgan fingerprint density at radius 2 is 1.86 bits per heavy atom. The fourth-order valence-corrected chi connectivity index (χ4v) is 2.30. The molecule has 1 fully saturated rings. The summed E-state index contributed by atoms with van der Waals surface area (Å²) in [5, 5.41) is 3.57. The van der Waals surface area contributed by atoms with E-state index in [1.807, 2.05) is 0 Å². The molecule has 2 nitrogen and oxygen atoms in total. The Morgan fingerprint density at radius 1 is 1.29 bits per heavy atom. The lowest BCUT2D eigenvalue weighted by Gasteiger charge is -2.48. The van der Waals surface area contributed by atoms with Gasteiger partial charge < -0.3 is 5.32 Å². The quantitative estimate of drug-likeness (QED) is 0.748. The Bertz CT molecular complexity index is 183. The summed E-state index contributed by atoms with van der Waals surface area (Å²) in [5.74, 6) is 0. The molecule has 0 aromatic heterocycles. The summed E-state index contributed by atoms with van der Waals surface area (Å²) in [7, 11) is 0. The maximum atomic E-state index is 3.57. The Labute approximate surface area is 89.1 Å². The maximum Gasteiger partial charge on any atom is 0.0252 e. The van der Waals surface area contributed by atoms with Gasteiger partial charge in [0.05, 0.1) is 0 Å². The van der Waals surface area contributed by atoms with E-state index in [4.69, 9.17) is 0 Å². The van der Waals surface area contributed by atoms with Crippen LogP contribution in [0.15, 0.2) is 0 Å². The predicted octanol–water partition coefficient (Wildman–Crippen LogP) is 2.25. The zero-order valence-electron chi connectivity index (χ0n) is 10.5. The van der Waals surface area contributed by atoms with Crippen LogP contribution in [0, 0.1) is 0 Å². The topological polar surface area (TPSA) is 15.3 Å². The van der Waals surface area contributed by atoms with Crippen molar-refractivity contribution in [2.75, 3.05) is 19.6 Å². The van der Waals surface area contributed by atoms with Gasteiger partial charge in [-0.1, -0.05) is 13.8 Å². The van der Waals surface area contributed by atoms with Gasteiger partial charge in [-0.3, -0.25) is 4.90 Å². The zero-order chi connectivity index (χ0) is 10.8. The fraction of sp³-hybridized carbons (Fsp3) is 1.00. The van der Waals surface area contributed by atoms with Crippen molar-refractivity contribution in [3.63, 3.8) is 0 Å². The van der Waals surface area contributed by atoms with Crippen LogP contribution in [-0.4, -0.2) is 35.6 Å². The van der Waals surface area contributed by atoms with Crippen LogP contribution in [0.25, 0.3) is 0 Å². The molecule has 0 aromatic rings. The van der Waals surface area contributed by atoms with Gasteiger partial charge in [0.1, 0.15) is 0 Å². The van der Waals surface area contributed by atoms with Gasteiger partial charge in [-0.15, -0.1) is 0 Å². The number of rotatable bonds is 3. The lowest BCUT2D eigenvalue weighted by atomic mass is 9.89. The van der Waals surface area contributed by atoms with E-state index >= 15 is 0 Å². The molecule has 1 heterocycles. The Kier molecular flexibility index (Phi) is 3.59. The van der Waals surface area contributed by atoms with E-state index in [0.717, 1.165) is 6.54 Å². The van der Waals surface area contributed by atoms with Gasteiger partial charge in [-0.25, -0.2) is 0 Å². The lowest BCUT2D eigenvalue weighted by Crippen LogP contribution is -2.62. The highest BCUT2D eigenvalue weighted by atomic mass is 15.3. The van der Waals surface area contributed by atoms with Crippen molar-refractivity contribution in [2.45, 2.75) is 58.5 Å². The molecule has 1 aliphatic rings. The number of nitrogens with one attached hydrogen (secondary N) is 1. The van der Waals surface area contributed by atoms with Crippen molar-refractivity contribution in [3.05, 3.63) is 0 Å². The molecule has 0 atom stereocenters. The molecule has 1 rings (SSSR count). The van der Waals surface area contributed by atoms with Crippen LogP contribution in [0.2, 0.25) is 0 Å². The number of hydrogen-bond acceptors (Lipinski definition) is 2. The summed E-state index contributed by atoms with van der Waals surface area (Å²) < 4.78 is 0. The normalized spacial score (nSPS) is 23.8. The van der Waals surface area contributed by atoms with Crippen LogP contribution in [0.1, 0.15) is 47.5 Å². The van der Waals surface area contributed by atoms with Crippen molar-refractivity contribution in [1.82, 2.24) is 10.2 Å². The second kappa shape index (κ2) is 4.19. The highest BCUT2D eigenvalue weighted by molar-refractivity contribution is 4.94. The smallest absolute Gasteiger partial charge is 0.0252 e. The molecule has 0 aliphatic carbocycles. The molecule has 1 saturated heterocycles. The minimum absolute atomic E-state index is 0.282. The predicted molar refractivity (Wildman–Crippen MR) is 62.6 cm³/mol. The summed E-state index contributed by atoms with van der Waals surface area (Å²) in [6.45, 7) is 15.1. The van der Waals surface area contributed by atoms with Crippen molar-refractivity contribution < 1.29 is 0 Å². The standard InChI is InChI=1S/C12H26N2/c1-6-12(5,7-2)14-9-8-13-11(3,4)10-14/h13H,6-10H2,1-5H3. The summed E-state index contributed by atoms with van der Waals surface area (Å²) in [5.41, 5.74) is 0.684. The summed E-state index contributed by atoms with van der Waals surface area (Å²) in [4.78, 5) is 2.66. The van der Waals surface area contributed by atoms with Gasteiger partial charge in [0.25, 0.3) is 0 Å². The third-order valence-electron chi connectivity index (χ3n) is 3.86. The Morgan fingerprint density at radius 3 is 2.29 bits per heavy atom. The lowest BCUT2D eigenvalue weighted by molar-refractivity contribution is 0.0407. The van der Waals surface area contributed by atoms with Crippen molar-refractivity contribution >= 4 is 0 Å². The van der Waals surface area contributed by atoms with E-state index < -0.39 is 0 Å². The highest BCUT2D eigenvalue weighted by Gasteiger charge is 2.34. The van der Waals surface area contributed by atoms with Gasteiger partial charge in [0.15, 0.2) is 0 Å². The zero-order valence-corrected chi connectivity index (χ0v) is 10.5. The molecule has 1 aliphatic heterocycles. The van der Waals surface area contributed by atoms with Gasteiger partial charge >= 0.3 is 0 Å². The average Bonchev–Trinajstić information content (AvgIpc) is 2.15. The van der Waals surface area contributed by atoms with E-state index in [1.165, 1.54) is 25.9 Å². The molecular weight excluding hydrogens is 172 g/mol. The summed E-state index contributed by atoms with van der Waals surface area (Å²) in [6, 6.07) is 0. The van der Waals surface area contributed by atoms with E-state index in [-0.39, 0.29) is 5.54 Å². The maximum absolute atomic E-state index is 3.57. The molecule has 0 unspecified atom stereocenters. The minimum atomic E-state index is 0.282. The molecule has 2 heteroatoms. The number of piperazine rings is 1. The molecule has 0 amide bonds. The number of hydrogen-bond donors (Lipinski definition) is 1. The monoisotopic (exact) mass is 198 g/mol. The molecule has 0 spiro atoms. The second-order valence-corrected chi connectivity index (χ2v) is 5.44. The summed E-state index contributed by atoms with van der Waals surface area (Å²) in [6.07, 6.45) is 2.50. The van der Waals surface area contributed by atoms with Crippen molar-refractivity contribution in [2.24, 2.45) is 0 Å². The highest BCUT2D eigenvalue weighted by Crippen LogP contribution is 2.26. The van der Waals surface area contributed by atoms with Crippen LogP contribution in [0.4, 0.5) is 0 Å². The molecule has 0 aromatic carbocycles. The van der Waals surface area contributed by atoms with E-state index in [2.05, 4.69) is 44.8 Å². The first-order valence-electron chi connectivity index (χ1n) is 5.93. The number of nitrogens with zero attached hydrogens (tertiary/aromatic N) is 1. The summed E-state index contributed by atoms with van der Waals surface area (Å²) >= 11 is 0. The third kappa shape index (κ3) is 2.48. The van der Waals surface area contributed by atoms with E-state index in [0.29, 0.717) is 5.54 Å². The van der Waals surface area contributed by atoms with Crippen molar-refractivity contribution in [1.29, 1.82) is 0 Å². The first-order valence-corrected chi connectivity index (χ1v) is 5.93. The average molecular weight is 198 g/mol. The third-order valence-corrected chi connectivity index (χ3v) is 3.86. The molecule has 1 N–H and O–H groups in total. The molecule has 0 bridgehead atoms. The Balaban J connectivity index is 2.67. The van der Waals surface area contributed by atoms with Crippen molar-refractivity contribution in [3.8, 4) is 0 Å². The molecular formula is C12H26N2.